The van der Waals surface area contributed by atoms with E-state index < -0.39 is 12.0 Å². The third kappa shape index (κ3) is 1.99. The van der Waals surface area contributed by atoms with Crippen LogP contribution in [-0.4, -0.2) is 32.6 Å². The Hall–Kier alpha value is -2.64. The molecule has 1 aromatic carbocycles. The molecule has 0 saturated heterocycles. The van der Waals surface area contributed by atoms with Gasteiger partial charge in [0.15, 0.2) is 23.3 Å². The number of carbonyl (C=O) groups excluding carboxylic acids is 1. The number of nitrogens with zero attached hydrogens (tertiary/aromatic N) is 1. The van der Waals surface area contributed by atoms with Gasteiger partial charge in [-0.1, -0.05) is 12.1 Å². The highest BCUT2D eigenvalue weighted by molar-refractivity contribution is 6.39. The number of carbonyl (C=O) groups is 1. The van der Waals surface area contributed by atoms with Gasteiger partial charge in [0.1, 0.15) is 0 Å². The predicted octanol–water partition coefficient (Wildman–Crippen LogP) is 0.981. The number of primary amides is 1. The quantitative estimate of drug-likeness (QED) is 0.889. The highest BCUT2D eigenvalue weighted by Crippen LogP contribution is 2.52. The molecular formula is C14H16N2O6. The summed E-state index contributed by atoms with van der Waals surface area (Å²) in [5.74, 6) is 0.945. The number of rotatable bonds is 4. The zero-order chi connectivity index (χ0) is 15.9. The Bertz CT molecular complexity index is 657. The molecule has 8 heteroatoms. The summed E-state index contributed by atoms with van der Waals surface area (Å²) in [6.45, 7) is 1.88. The first-order valence-electron chi connectivity index (χ1n) is 6.66. The van der Waals surface area contributed by atoms with Gasteiger partial charge in [0.05, 0.1) is 20.1 Å². The van der Waals surface area contributed by atoms with E-state index in [-0.39, 0.29) is 18.4 Å². The number of nitrogens with two attached hydrogens (primary N) is 1. The summed E-state index contributed by atoms with van der Waals surface area (Å²) >= 11 is 0. The lowest BCUT2D eigenvalue weighted by molar-refractivity contribution is -0.112. The van der Waals surface area contributed by atoms with E-state index in [9.17, 15) is 4.79 Å². The van der Waals surface area contributed by atoms with Crippen LogP contribution in [0.25, 0.3) is 0 Å². The maximum absolute atomic E-state index is 11.4. The molecule has 0 aromatic heterocycles. The van der Waals surface area contributed by atoms with Crippen LogP contribution >= 0.6 is 0 Å². The summed E-state index contributed by atoms with van der Waals surface area (Å²) in [4.78, 5) is 16.7. The van der Waals surface area contributed by atoms with Gasteiger partial charge in [-0.15, -0.1) is 0 Å². The molecule has 0 saturated carbocycles. The lowest BCUT2D eigenvalue weighted by Crippen LogP contribution is -2.28. The first-order valence-corrected chi connectivity index (χ1v) is 6.66. The summed E-state index contributed by atoms with van der Waals surface area (Å²) in [6.07, 6.45) is -0.527. The summed E-state index contributed by atoms with van der Waals surface area (Å²) in [5.41, 5.74) is 6.13. The number of methoxy groups -OCH3 is 2. The molecule has 2 unspecified atom stereocenters. The van der Waals surface area contributed by atoms with Crippen molar-refractivity contribution in [2.45, 2.75) is 13.0 Å². The summed E-state index contributed by atoms with van der Waals surface area (Å²) < 4.78 is 21.6. The Kier molecular flexibility index (Phi) is 3.44. The zero-order valence-electron chi connectivity index (χ0n) is 12.4. The lowest BCUT2D eigenvalue weighted by atomic mass is 9.92. The minimum atomic E-state index is -0.610. The van der Waals surface area contributed by atoms with E-state index in [4.69, 9.17) is 29.5 Å². The van der Waals surface area contributed by atoms with Crippen LogP contribution in [0, 0.1) is 5.92 Å². The minimum Gasteiger partial charge on any atom is -0.493 e. The number of fused-ring (bicyclic) bond motifs is 1. The molecule has 22 heavy (non-hydrogen) atoms. The highest BCUT2D eigenvalue weighted by Gasteiger charge is 2.39. The average molecular weight is 308 g/mol. The number of oxime groups is 1. The predicted molar refractivity (Wildman–Crippen MR) is 75.3 cm³/mol. The molecule has 2 aliphatic heterocycles. The van der Waals surface area contributed by atoms with Crippen molar-refractivity contribution in [1.29, 1.82) is 0 Å². The van der Waals surface area contributed by atoms with E-state index in [0.29, 0.717) is 28.6 Å². The van der Waals surface area contributed by atoms with Crippen LogP contribution in [0.15, 0.2) is 11.2 Å². The molecule has 118 valence electrons. The number of benzene rings is 1. The van der Waals surface area contributed by atoms with Crippen molar-refractivity contribution in [2.75, 3.05) is 21.0 Å². The topological polar surface area (TPSA) is 102 Å². The monoisotopic (exact) mass is 308 g/mol. The Labute approximate surface area is 126 Å². The molecule has 1 aromatic rings. The Morgan fingerprint density at radius 1 is 1.32 bits per heavy atom. The van der Waals surface area contributed by atoms with Crippen LogP contribution < -0.4 is 24.7 Å². The van der Waals surface area contributed by atoms with Crippen molar-refractivity contribution >= 4 is 11.6 Å². The molecule has 3 rings (SSSR count). The average Bonchev–Trinajstić information content (AvgIpc) is 3.12. The number of ether oxygens (including phenoxy) is 4. The molecule has 0 bridgehead atoms. The molecule has 0 spiro atoms. The van der Waals surface area contributed by atoms with Crippen LogP contribution in [0.4, 0.5) is 0 Å². The first kappa shape index (κ1) is 14.3. The van der Waals surface area contributed by atoms with Crippen LogP contribution in [-0.2, 0) is 9.63 Å². The molecule has 8 nitrogen and oxygen atoms in total. The first-order chi connectivity index (χ1) is 10.6. The van der Waals surface area contributed by atoms with E-state index in [0.717, 1.165) is 0 Å². The Balaban J connectivity index is 2.07. The molecule has 2 atom stereocenters. The summed E-state index contributed by atoms with van der Waals surface area (Å²) in [7, 11) is 3.04. The van der Waals surface area contributed by atoms with Gasteiger partial charge in [-0.2, -0.15) is 0 Å². The molecular weight excluding hydrogens is 292 g/mol. The van der Waals surface area contributed by atoms with Gasteiger partial charge in [-0.25, -0.2) is 0 Å². The van der Waals surface area contributed by atoms with Crippen LogP contribution in [0.3, 0.4) is 0 Å². The van der Waals surface area contributed by atoms with Crippen molar-refractivity contribution in [3.8, 4) is 23.0 Å². The molecule has 0 aliphatic carbocycles. The lowest BCUT2D eigenvalue weighted by Gasteiger charge is -2.19. The third-order valence-corrected chi connectivity index (χ3v) is 3.72. The SMILES string of the molecule is COc1cc(C2ON=C(C(N)=O)C2C)c(OC)c2c1OCO2. The van der Waals surface area contributed by atoms with E-state index in [2.05, 4.69) is 5.16 Å². The molecule has 0 radical (unpaired) electrons. The second-order valence-electron chi connectivity index (χ2n) is 4.92. The molecule has 2 aliphatic rings. The smallest absolute Gasteiger partial charge is 0.266 e. The van der Waals surface area contributed by atoms with Crippen LogP contribution in [0.5, 0.6) is 23.0 Å². The summed E-state index contributed by atoms with van der Waals surface area (Å²) in [6, 6.07) is 1.73. The van der Waals surface area contributed by atoms with Crippen LogP contribution in [0.1, 0.15) is 18.6 Å². The van der Waals surface area contributed by atoms with Gasteiger partial charge in [0.25, 0.3) is 5.91 Å². The van der Waals surface area contributed by atoms with Crippen molar-refractivity contribution in [3.05, 3.63) is 11.6 Å². The number of hydrogen-bond acceptors (Lipinski definition) is 7. The van der Waals surface area contributed by atoms with Crippen molar-refractivity contribution < 1.29 is 28.6 Å². The normalized spacial score (nSPS) is 22.0. The van der Waals surface area contributed by atoms with E-state index in [1.165, 1.54) is 14.2 Å². The summed E-state index contributed by atoms with van der Waals surface area (Å²) in [5, 5.41) is 3.77. The molecule has 2 N–H and O–H groups in total. The van der Waals surface area contributed by atoms with Gasteiger partial charge in [0.2, 0.25) is 18.3 Å². The van der Waals surface area contributed by atoms with E-state index in [1.807, 2.05) is 0 Å². The number of amides is 1. The maximum Gasteiger partial charge on any atom is 0.266 e. The highest BCUT2D eigenvalue weighted by atomic mass is 16.7. The Morgan fingerprint density at radius 2 is 2.05 bits per heavy atom. The van der Waals surface area contributed by atoms with E-state index in [1.54, 1.807) is 13.0 Å². The molecule has 2 heterocycles. The van der Waals surface area contributed by atoms with E-state index >= 15 is 0 Å². The molecule has 0 fully saturated rings. The van der Waals surface area contributed by atoms with Gasteiger partial charge in [-0.05, 0) is 6.07 Å². The van der Waals surface area contributed by atoms with Crippen molar-refractivity contribution in [1.82, 2.24) is 0 Å². The van der Waals surface area contributed by atoms with Gasteiger partial charge in [-0.3, -0.25) is 4.79 Å². The maximum atomic E-state index is 11.4. The van der Waals surface area contributed by atoms with Crippen molar-refractivity contribution in [3.63, 3.8) is 0 Å². The van der Waals surface area contributed by atoms with Crippen molar-refractivity contribution in [2.24, 2.45) is 16.8 Å². The second kappa shape index (κ2) is 5.28. The van der Waals surface area contributed by atoms with Crippen LogP contribution in [0.2, 0.25) is 0 Å². The Morgan fingerprint density at radius 3 is 2.64 bits per heavy atom. The third-order valence-electron chi connectivity index (χ3n) is 3.72. The van der Waals surface area contributed by atoms with Gasteiger partial charge < -0.3 is 29.5 Å². The standard InChI is InChI=1S/C14H16N2O6/c1-6-9(14(15)17)16-22-10(6)7-4-8(18-2)12-13(11(7)19-3)21-5-20-12/h4,6,10H,5H2,1-3H3,(H2,15,17). The van der Waals surface area contributed by atoms with Gasteiger partial charge >= 0.3 is 0 Å². The zero-order valence-corrected chi connectivity index (χ0v) is 12.4. The number of hydrogen-bond donors (Lipinski definition) is 1. The fourth-order valence-electron chi connectivity index (χ4n) is 2.63. The van der Waals surface area contributed by atoms with Gasteiger partial charge in [0, 0.05) is 5.56 Å². The fraction of sp³-hybridized carbons (Fsp3) is 0.429. The molecule has 1 amide bonds. The minimum absolute atomic E-state index is 0.0790. The second-order valence-corrected chi connectivity index (χ2v) is 4.92. The largest absolute Gasteiger partial charge is 0.493 e. The fourth-order valence-corrected chi connectivity index (χ4v) is 2.63.